The summed E-state index contributed by atoms with van der Waals surface area (Å²) in [6.45, 7) is 0.221. The lowest BCUT2D eigenvalue weighted by Gasteiger charge is -2.27. The van der Waals surface area contributed by atoms with Gasteiger partial charge in [0.2, 0.25) is 0 Å². The van der Waals surface area contributed by atoms with Crippen molar-refractivity contribution in [1.82, 2.24) is 14.9 Å². The summed E-state index contributed by atoms with van der Waals surface area (Å²) in [5.41, 5.74) is 0.722. The van der Waals surface area contributed by atoms with Crippen LogP contribution in [-0.4, -0.2) is 53.8 Å². The summed E-state index contributed by atoms with van der Waals surface area (Å²) < 4.78 is 36.4. The Kier molecular flexibility index (Phi) is 3.32. The molecule has 0 spiro atoms. The second-order valence-corrected chi connectivity index (χ2v) is 7.13. The Balaban J connectivity index is 1.99. The molecule has 21 heavy (non-hydrogen) atoms. The average Bonchev–Trinajstić information content (AvgIpc) is 2.45. The summed E-state index contributed by atoms with van der Waals surface area (Å²) in [4.78, 5) is 21.9. The van der Waals surface area contributed by atoms with Gasteiger partial charge in [-0.2, -0.15) is 0 Å². The van der Waals surface area contributed by atoms with Crippen molar-refractivity contribution in [2.75, 3.05) is 24.6 Å². The molecule has 1 aromatic heterocycles. The van der Waals surface area contributed by atoms with Crippen LogP contribution in [0.1, 0.15) is 10.4 Å². The molecule has 1 aromatic carbocycles. The molecule has 0 N–H and O–H groups in total. The minimum atomic E-state index is -3.08. The number of nitrogens with zero attached hydrogens (tertiary/aromatic N) is 3. The Morgan fingerprint density at radius 2 is 1.81 bits per heavy atom. The van der Waals surface area contributed by atoms with Crippen molar-refractivity contribution in [2.24, 2.45) is 0 Å². The zero-order valence-electron chi connectivity index (χ0n) is 11.0. The van der Waals surface area contributed by atoms with E-state index in [4.69, 9.17) is 0 Å². The monoisotopic (exact) mass is 309 g/mol. The SMILES string of the molecule is O=C(c1cc(F)cc2nccnc12)N1CCS(=O)(=O)CC1. The Hall–Kier alpha value is -2.09. The Morgan fingerprint density at radius 3 is 2.52 bits per heavy atom. The van der Waals surface area contributed by atoms with E-state index in [9.17, 15) is 17.6 Å². The van der Waals surface area contributed by atoms with Crippen LogP contribution >= 0.6 is 0 Å². The standard InChI is InChI=1S/C13H12FN3O3S/c14-9-7-10(12-11(8-9)15-1-2-16-12)13(18)17-3-5-21(19,20)6-4-17/h1-2,7-8H,3-6H2. The number of rotatable bonds is 1. The highest BCUT2D eigenvalue weighted by molar-refractivity contribution is 7.91. The predicted octanol–water partition coefficient (Wildman–Crippen LogP) is 0.639. The van der Waals surface area contributed by atoms with Gasteiger partial charge in [-0.25, -0.2) is 12.8 Å². The van der Waals surface area contributed by atoms with Gasteiger partial charge in [-0.05, 0) is 6.07 Å². The number of hydrogen-bond donors (Lipinski definition) is 0. The number of fused-ring (bicyclic) bond motifs is 1. The minimum absolute atomic E-state index is 0.0718. The van der Waals surface area contributed by atoms with Crippen LogP contribution in [0.3, 0.4) is 0 Å². The summed E-state index contributed by atoms with van der Waals surface area (Å²) >= 11 is 0. The number of carbonyl (C=O) groups excluding carboxylic acids is 1. The maximum atomic E-state index is 13.6. The summed E-state index contributed by atoms with van der Waals surface area (Å²) in [5, 5.41) is 0. The summed E-state index contributed by atoms with van der Waals surface area (Å²) in [5.74, 6) is -1.14. The molecule has 110 valence electrons. The minimum Gasteiger partial charge on any atom is -0.337 e. The summed E-state index contributed by atoms with van der Waals surface area (Å²) in [6, 6.07) is 2.32. The van der Waals surface area contributed by atoms with Gasteiger partial charge in [-0.3, -0.25) is 14.8 Å². The van der Waals surface area contributed by atoms with Gasteiger partial charge in [0.15, 0.2) is 9.84 Å². The highest BCUT2D eigenvalue weighted by Crippen LogP contribution is 2.19. The molecule has 0 atom stereocenters. The van der Waals surface area contributed by atoms with Crippen molar-refractivity contribution < 1.29 is 17.6 Å². The topological polar surface area (TPSA) is 80.2 Å². The van der Waals surface area contributed by atoms with Crippen molar-refractivity contribution >= 4 is 26.8 Å². The van der Waals surface area contributed by atoms with E-state index in [0.29, 0.717) is 11.0 Å². The summed E-state index contributed by atoms with van der Waals surface area (Å²) in [6.07, 6.45) is 2.85. The number of benzene rings is 1. The van der Waals surface area contributed by atoms with Gasteiger partial charge in [-0.15, -0.1) is 0 Å². The largest absolute Gasteiger partial charge is 0.337 e. The molecule has 3 rings (SSSR count). The van der Waals surface area contributed by atoms with Crippen molar-refractivity contribution in [3.05, 3.63) is 35.9 Å². The smallest absolute Gasteiger partial charge is 0.256 e. The molecular formula is C13H12FN3O3S. The third-order valence-electron chi connectivity index (χ3n) is 3.40. The molecule has 0 aliphatic carbocycles. The van der Waals surface area contributed by atoms with Crippen LogP contribution in [0.5, 0.6) is 0 Å². The molecule has 6 nitrogen and oxygen atoms in total. The highest BCUT2D eigenvalue weighted by atomic mass is 32.2. The lowest BCUT2D eigenvalue weighted by Crippen LogP contribution is -2.43. The van der Waals surface area contributed by atoms with E-state index >= 15 is 0 Å². The summed E-state index contributed by atoms with van der Waals surface area (Å²) in [7, 11) is -3.08. The zero-order chi connectivity index (χ0) is 15.0. The van der Waals surface area contributed by atoms with E-state index in [1.807, 2.05) is 0 Å². The van der Waals surface area contributed by atoms with Gasteiger partial charge in [0, 0.05) is 31.5 Å². The maximum Gasteiger partial charge on any atom is 0.256 e. The first-order chi connectivity index (χ1) is 9.96. The van der Waals surface area contributed by atoms with E-state index in [0.717, 1.165) is 6.07 Å². The molecule has 2 heterocycles. The van der Waals surface area contributed by atoms with E-state index in [2.05, 4.69) is 9.97 Å². The van der Waals surface area contributed by atoms with E-state index in [1.54, 1.807) is 0 Å². The lowest BCUT2D eigenvalue weighted by molar-refractivity contribution is 0.0771. The first kappa shape index (κ1) is 13.9. The molecule has 1 amide bonds. The molecule has 1 aliphatic rings. The Bertz CT molecular complexity index is 809. The molecule has 8 heteroatoms. The molecule has 0 radical (unpaired) electrons. The molecule has 1 fully saturated rings. The first-order valence-corrected chi connectivity index (χ1v) is 8.18. The fraction of sp³-hybridized carbons (Fsp3) is 0.308. The number of halogens is 1. The van der Waals surface area contributed by atoms with Crippen molar-refractivity contribution in [2.45, 2.75) is 0 Å². The average molecular weight is 309 g/mol. The molecule has 1 saturated heterocycles. The van der Waals surface area contributed by atoms with Crippen LogP contribution in [0.2, 0.25) is 0 Å². The molecule has 0 saturated carbocycles. The van der Waals surface area contributed by atoms with Crippen molar-refractivity contribution in [1.29, 1.82) is 0 Å². The van der Waals surface area contributed by atoms with Crippen LogP contribution in [-0.2, 0) is 9.84 Å². The molecule has 0 bridgehead atoms. The molecule has 0 unspecified atom stereocenters. The quantitative estimate of drug-likeness (QED) is 0.772. The third-order valence-corrected chi connectivity index (χ3v) is 5.01. The van der Waals surface area contributed by atoms with Crippen LogP contribution in [0.15, 0.2) is 24.5 Å². The number of sulfone groups is 1. The fourth-order valence-electron chi connectivity index (χ4n) is 2.29. The van der Waals surface area contributed by atoms with Crippen molar-refractivity contribution in [3.8, 4) is 0 Å². The Labute approximate surface area is 120 Å². The second kappa shape index (κ2) is 5.03. The van der Waals surface area contributed by atoms with Gasteiger partial charge in [0.25, 0.3) is 5.91 Å². The number of hydrogen-bond acceptors (Lipinski definition) is 5. The molecule has 1 aliphatic heterocycles. The van der Waals surface area contributed by atoms with Crippen LogP contribution < -0.4 is 0 Å². The number of carbonyl (C=O) groups is 1. The lowest BCUT2D eigenvalue weighted by atomic mass is 10.1. The van der Waals surface area contributed by atoms with Gasteiger partial charge < -0.3 is 4.90 Å². The third kappa shape index (κ3) is 2.71. The second-order valence-electron chi connectivity index (χ2n) is 4.82. The van der Waals surface area contributed by atoms with Crippen LogP contribution in [0, 0.1) is 5.82 Å². The predicted molar refractivity (Wildman–Crippen MR) is 74.1 cm³/mol. The maximum absolute atomic E-state index is 13.6. The Morgan fingerprint density at radius 1 is 1.14 bits per heavy atom. The van der Waals surface area contributed by atoms with Crippen LogP contribution in [0.25, 0.3) is 11.0 Å². The van der Waals surface area contributed by atoms with Gasteiger partial charge in [-0.1, -0.05) is 0 Å². The fourth-order valence-corrected chi connectivity index (χ4v) is 3.49. The van der Waals surface area contributed by atoms with Crippen LogP contribution in [0.4, 0.5) is 4.39 Å². The van der Waals surface area contributed by atoms with E-state index in [1.165, 1.54) is 23.4 Å². The van der Waals surface area contributed by atoms with Crippen molar-refractivity contribution in [3.63, 3.8) is 0 Å². The van der Waals surface area contributed by atoms with E-state index < -0.39 is 21.6 Å². The normalized spacial score (nSPS) is 17.9. The molecule has 2 aromatic rings. The zero-order valence-corrected chi connectivity index (χ0v) is 11.8. The first-order valence-electron chi connectivity index (χ1n) is 6.36. The van der Waals surface area contributed by atoms with Gasteiger partial charge >= 0.3 is 0 Å². The van der Waals surface area contributed by atoms with Gasteiger partial charge in [0.05, 0.1) is 22.6 Å². The van der Waals surface area contributed by atoms with Gasteiger partial charge in [0.1, 0.15) is 11.3 Å². The number of amides is 1. The molecular weight excluding hydrogens is 297 g/mol. The highest BCUT2D eigenvalue weighted by Gasteiger charge is 2.27. The number of aromatic nitrogens is 2. The van der Waals surface area contributed by atoms with E-state index in [-0.39, 0.29) is 30.2 Å².